The largest absolute Gasteiger partial charge is 0.294 e. The van der Waals surface area contributed by atoms with Crippen LogP contribution in [0.1, 0.15) is 19.3 Å². The van der Waals surface area contributed by atoms with Crippen molar-refractivity contribution in [3.05, 3.63) is 23.4 Å². The smallest absolute Gasteiger partial charge is 0.174 e. The highest BCUT2D eigenvalue weighted by molar-refractivity contribution is 6.28. The molecule has 13 heavy (non-hydrogen) atoms. The van der Waals surface area contributed by atoms with Crippen molar-refractivity contribution in [3.63, 3.8) is 0 Å². The number of hydrogen-bond donors (Lipinski definition) is 0. The number of allylic oxidation sites excluding steroid dienone is 3. The molecule has 0 unspecified atom stereocenters. The molecule has 66 valence electrons. The summed E-state index contributed by atoms with van der Waals surface area (Å²) in [7, 11) is 0. The van der Waals surface area contributed by atoms with E-state index in [2.05, 4.69) is 4.99 Å². The van der Waals surface area contributed by atoms with Crippen molar-refractivity contribution < 1.29 is 9.59 Å². The first-order valence-electron chi connectivity index (χ1n) is 4.25. The van der Waals surface area contributed by atoms with Crippen LogP contribution in [0, 0.1) is 0 Å². The summed E-state index contributed by atoms with van der Waals surface area (Å²) in [6, 6.07) is 0. The van der Waals surface area contributed by atoms with Crippen molar-refractivity contribution in [2.24, 2.45) is 4.99 Å². The topological polar surface area (TPSA) is 46.5 Å². The number of rotatable bonds is 0. The van der Waals surface area contributed by atoms with Gasteiger partial charge in [0.25, 0.3) is 0 Å². The van der Waals surface area contributed by atoms with Gasteiger partial charge in [0.05, 0.1) is 11.9 Å². The van der Waals surface area contributed by atoms with Crippen molar-refractivity contribution in [2.75, 3.05) is 0 Å². The van der Waals surface area contributed by atoms with Gasteiger partial charge in [0.2, 0.25) is 0 Å². The second-order valence-electron chi connectivity index (χ2n) is 3.19. The normalized spacial score (nSPS) is 21.8. The molecule has 0 fully saturated rings. The molecule has 1 heterocycles. The lowest BCUT2D eigenvalue weighted by Gasteiger charge is -2.08. The van der Waals surface area contributed by atoms with Crippen LogP contribution in [0.4, 0.5) is 0 Å². The van der Waals surface area contributed by atoms with Gasteiger partial charge in [-0.1, -0.05) is 0 Å². The Morgan fingerprint density at radius 1 is 1.08 bits per heavy atom. The van der Waals surface area contributed by atoms with E-state index in [1.54, 1.807) is 6.08 Å². The molecule has 3 nitrogen and oxygen atoms in total. The quantitative estimate of drug-likeness (QED) is 0.555. The Kier molecular flexibility index (Phi) is 1.93. The van der Waals surface area contributed by atoms with Gasteiger partial charge in [-0.2, -0.15) is 0 Å². The van der Waals surface area contributed by atoms with Crippen LogP contribution in [-0.2, 0) is 9.59 Å². The van der Waals surface area contributed by atoms with Crippen LogP contribution in [0.5, 0.6) is 0 Å². The lowest BCUT2D eigenvalue weighted by molar-refractivity contribution is -0.114. The number of nitrogens with zero attached hydrogens (tertiary/aromatic N) is 1. The van der Waals surface area contributed by atoms with E-state index < -0.39 is 0 Å². The Bertz CT molecular complexity index is 359. The second kappa shape index (κ2) is 3.09. The fraction of sp³-hybridized carbons (Fsp3) is 0.300. The summed E-state index contributed by atoms with van der Waals surface area (Å²) in [5, 5.41) is 0. The van der Waals surface area contributed by atoms with E-state index in [4.69, 9.17) is 0 Å². The standard InChI is InChI=1S/C10H9NO2/c12-8-3-4-10-7(5-8)1-2-9(13)6-11-10/h3-4,6H,1-2,5H2. The average molecular weight is 175 g/mol. The fourth-order valence-corrected chi connectivity index (χ4v) is 1.48. The summed E-state index contributed by atoms with van der Waals surface area (Å²) >= 11 is 0. The van der Waals surface area contributed by atoms with Gasteiger partial charge in [-0.15, -0.1) is 0 Å². The predicted octanol–water partition coefficient (Wildman–Crippen LogP) is 1.20. The molecule has 2 rings (SSSR count). The minimum Gasteiger partial charge on any atom is -0.294 e. The number of aliphatic imine (C=N–C) groups is 1. The molecule has 0 aromatic heterocycles. The van der Waals surface area contributed by atoms with Gasteiger partial charge in [-0.3, -0.25) is 14.6 Å². The van der Waals surface area contributed by atoms with E-state index in [1.807, 2.05) is 0 Å². The lowest BCUT2D eigenvalue weighted by atomic mass is 9.97. The highest BCUT2D eigenvalue weighted by atomic mass is 16.1. The molecule has 2 aliphatic rings. The van der Waals surface area contributed by atoms with E-state index >= 15 is 0 Å². The molecule has 0 bridgehead atoms. The first kappa shape index (κ1) is 8.10. The average Bonchev–Trinajstić information content (AvgIpc) is 2.29. The SMILES string of the molecule is O=C1C=NC2=C(CC1)CC(=O)C=C2. The molecule has 0 saturated carbocycles. The van der Waals surface area contributed by atoms with Crippen molar-refractivity contribution in [3.8, 4) is 0 Å². The van der Waals surface area contributed by atoms with Crippen molar-refractivity contribution in [2.45, 2.75) is 19.3 Å². The number of Topliss-reactive ketones (excluding diaryl/α,β-unsaturated/α-hetero) is 1. The second-order valence-corrected chi connectivity index (χ2v) is 3.19. The van der Waals surface area contributed by atoms with E-state index in [1.165, 1.54) is 12.3 Å². The molecule has 0 N–H and O–H groups in total. The Hall–Kier alpha value is -1.51. The molecule has 0 spiro atoms. The van der Waals surface area contributed by atoms with E-state index in [-0.39, 0.29) is 11.6 Å². The fourth-order valence-electron chi connectivity index (χ4n) is 1.48. The predicted molar refractivity (Wildman–Crippen MR) is 48.5 cm³/mol. The first-order valence-corrected chi connectivity index (χ1v) is 4.25. The molecule has 3 heteroatoms. The molecule has 0 atom stereocenters. The van der Waals surface area contributed by atoms with Gasteiger partial charge in [0.1, 0.15) is 0 Å². The molecule has 0 aromatic carbocycles. The van der Waals surface area contributed by atoms with Crippen LogP contribution in [0.2, 0.25) is 0 Å². The first-order chi connectivity index (χ1) is 6.25. The Balaban J connectivity index is 2.32. The molecular weight excluding hydrogens is 166 g/mol. The molecule has 0 aromatic rings. The van der Waals surface area contributed by atoms with Gasteiger partial charge in [0.15, 0.2) is 11.6 Å². The summed E-state index contributed by atoms with van der Waals surface area (Å²) in [6.45, 7) is 0. The Morgan fingerprint density at radius 2 is 1.92 bits per heavy atom. The van der Waals surface area contributed by atoms with E-state index in [0.29, 0.717) is 19.3 Å². The summed E-state index contributed by atoms with van der Waals surface area (Å²) < 4.78 is 0. The van der Waals surface area contributed by atoms with Crippen LogP contribution >= 0.6 is 0 Å². The van der Waals surface area contributed by atoms with Gasteiger partial charge < -0.3 is 0 Å². The van der Waals surface area contributed by atoms with Crippen LogP contribution < -0.4 is 0 Å². The van der Waals surface area contributed by atoms with E-state index in [0.717, 1.165) is 11.3 Å². The van der Waals surface area contributed by atoms with Crippen LogP contribution in [0.25, 0.3) is 0 Å². The summed E-state index contributed by atoms with van der Waals surface area (Å²) in [4.78, 5) is 26.1. The number of hydrogen-bond acceptors (Lipinski definition) is 3. The van der Waals surface area contributed by atoms with Gasteiger partial charge >= 0.3 is 0 Å². The van der Waals surface area contributed by atoms with Crippen LogP contribution in [0.15, 0.2) is 28.4 Å². The summed E-state index contributed by atoms with van der Waals surface area (Å²) in [5.74, 6) is 0.138. The molecule has 0 amide bonds. The van der Waals surface area contributed by atoms with Crippen molar-refractivity contribution in [1.29, 1.82) is 0 Å². The third-order valence-electron chi connectivity index (χ3n) is 2.20. The zero-order chi connectivity index (χ0) is 9.26. The number of carbonyl (C=O) groups is 2. The zero-order valence-corrected chi connectivity index (χ0v) is 7.12. The highest BCUT2D eigenvalue weighted by Gasteiger charge is 2.16. The number of ketones is 2. The maximum absolute atomic E-state index is 11.1. The maximum atomic E-state index is 11.1. The van der Waals surface area contributed by atoms with Crippen LogP contribution in [-0.4, -0.2) is 17.8 Å². The Labute approximate surface area is 75.9 Å². The third kappa shape index (κ3) is 1.64. The van der Waals surface area contributed by atoms with Gasteiger partial charge in [0, 0.05) is 12.8 Å². The maximum Gasteiger partial charge on any atom is 0.174 e. The van der Waals surface area contributed by atoms with Gasteiger partial charge in [-0.05, 0) is 24.1 Å². The Morgan fingerprint density at radius 3 is 2.77 bits per heavy atom. The summed E-state index contributed by atoms with van der Waals surface area (Å²) in [6.07, 6.45) is 6.13. The van der Waals surface area contributed by atoms with Gasteiger partial charge in [-0.25, -0.2) is 0 Å². The molecule has 0 saturated heterocycles. The van der Waals surface area contributed by atoms with Crippen LogP contribution in [0.3, 0.4) is 0 Å². The lowest BCUT2D eigenvalue weighted by Crippen LogP contribution is -2.03. The third-order valence-corrected chi connectivity index (χ3v) is 2.20. The molecule has 1 aliphatic heterocycles. The van der Waals surface area contributed by atoms with Crippen molar-refractivity contribution >= 4 is 17.8 Å². The van der Waals surface area contributed by atoms with E-state index in [9.17, 15) is 9.59 Å². The minimum atomic E-state index is 0.0373. The van der Waals surface area contributed by atoms with Crippen molar-refractivity contribution in [1.82, 2.24) is 0 Å². The molecule has 1 aliphatic carbocycles. The highest BCUT2D eigenvalue weighted by Crippen LogP contribution is 2.23. The molecule has 0 radical (unpaired) electrons. The zero-order valence-electron chi connectivity index (χ0n) is 7.12. The monoisotopic (exact) mass is 175 g/mol. The minimum absolute atomic E-state index is 0.0373. The number of carbonyl (C=O) groups excluding carboxylic acids is 2. The molecular formula is C10H9NO2. The summed E-state index contributed by atoms with van der Waals surface area (Å²) in [5.41, 5.74) is 1.79.